The molecule has 2 rings (SSSR count). The van der Waals surface area contributed by atoms with Gasteiger partial charge in [-0.1, -0.05) is 13.8 Å². The Labute approximate surface area is 98.0 Å². The molecule has 15 heavy (non-hydrogen) atoms. The van der Waals surface area contributed by atoms with Gasteiger partial charge in [0.25, 0.3) is 0 Å². The van der Waals surface area contributed by atoms with E-state index in [1.54, 1.807) is 6.07 Å². The number of nitrogens with two attached hydrogens (primary N) is 1. The number of hydrogen-bond acceptors (Lipinski definition) is 4. The Morgan fingerprint density at radius 3 is 2.73 bits per heavy atom. The smallest absolute Gasteiger partial charge is 0.228 e. The molecule has 0 spiro atoms. The molecular formula is C10H15BrN4. The van der Waals surface area contributed by atoms with Gasteiger partial charge in [-0.25, -0.2) is 4.98 Å². The summed E-state index contributed by atoms with van der Waals surface area (Å²) in [4.78, 5) is 10.8. The van der Waals surface area contributed by atoms with Crippen molar-refractivity contribution >= 4 is 27.7 Å². The first-order valence-corrected chi connectivity index (χ1v) is 5.81. The lowest BCUT2D eigenvalue weighted by molar-refractivity contribution is 0.418. The number of halogens is 1. The van der Waals surface area contributed by atoms with Crippen molar-refractivity contribution in [2.24, 2.45) is 5.41 Å². The number of nitrogens with zero attached hydrogens (tertiary/aromatic N) is 3. The van der Waals surface area contributed by atoms with E-state index in [0.717, 1.165) is 23.6 Å². The lowest BCUT2D eigenvalue weighted by atomic mass is 9.93. The number of anilines is 2. The van der Waals surface area contributed by atoms with Crippen molar-refractivity contribution in [3.8, 4) is 0 Å². The Balaban J connectivity index is 2.24. The Bertz CT molecular complexity index is 357. The zero-order valence-electron chi connectivity index (χ0n) is 9.00. The fourth-order valence-electron chi connectivity index (χ4n) is 1.85. The van der Waals surface area contributed by atoms with E-state index in [-0.39, 0.29) is 0 Å². The summed E-state index contributed by atoms with van der Waals surface area (Å²) in [6.45, 7) is 6.51. The van der Waals surface area contributed by atoms with E-state index < -0.39 is 0 Å². The van der Waals surface area contributed by atoms with Crippen LogP contribution in [0.5, 0.6) is 0 Å². The summed E-state index contributed by atoms with van der Waals surface area (Å²) >= 11 is 3.33. The van der Waals surface area contributed by atoms with Gasteiger partial charge >= 0.3 is 0 Å². The van der Waals surface area contributed by atoms with Crippen LogP contribution in [0.3, 0.4) is 0 Å². The summed E-state index contributed by atoms with van der Waals surface area (Å²) in [5.74, 6) is 1.24. The summed E-state index contributed by atoms with van der Waals surface area (Å²) < 4.78 is 0.745. The van der Waals surface area contributed by atoms with Crippen molar-refractivity contribution in [1.82, 2.24) is 9.97 Å². The fraction of sp³-hybridized carbons (Fsp3) is 0.600. The first kappa shape index (κ1) is 10.7. The Kier molecular flexibility index (Phi) is 2.58. The molecule has 1 fully saturated rings. The van der Waals surface area contributed by atoms with Gasteiger partial charge in [-0.2, -0.15) is 4.98 Å². The topological polar surface area (TPSA) is 55.0 Å². The van der Waals surface area contributed by atoms with Crippen LogP contribution in [0.1, 0.15) is 20.3 Å². The molecule has 1 aromatic heterocycles. The van der Waals surface area contributed by atoms with E-state index in [0.29, 0.717) is 11.2 Å². The minimum Gasteiger partial charge on any atom is -0.383 e. The molecule has 0 aliphatic carbocycles. The second kappa shape index (κ2) is 3.63. The maximum absolute atomic E-state index is 5.69. The lowest BCUT2D eigenvalue weighted by Gasteiger charge is -2.19. The molecular weight excluding hydrogens is 256 g/mol. The molecule has 0 saturated carbocycles. The zero-order chi connectivity index (χ0) is 11.1. The normalized spacial score (nSPS) is 19.5. The molecule has 1 aromatic rings. The Morgan fingerprint density at radius 1 is 1.47 bits per heavy atom. The van der Waals surface area contributed by atoms with Gasteiger partial charge in [-0.15, -0.1) is 0 Å². The third-order valence-electron chi connectivity index (χ3n) is 2.66. The first-order valence-electron chi connectivity index (χ1n) is 5.01. The van der Waals surface area contributed by atoms with Crippen molar-refractivity contribution in [2.45, 2.75) is 20.3 Å². The number of rotatable bonds is 1. The van der Waals surface area contributed by atoms with Crippen LogP contribution in [-0.4, -0.2) is 23.1 Å². The molecule has 2 N–H and O–H groups in total. The minimum atomic E-state index is 0.348. The van der Waals surface area contributed by atoms with E-state index in [2.05, 4.69) is 44.6 Å². The predicted octanol–water partition coefficient (Wildman–Crippen LogP) is 2.06. The highest BCUT2D eigenvalue weighted by Crippen LogP contribution is 2.31. The Hall–Kier alpha value is -0.840. The lowest BCUT2D eigenvalue weighted by Crippen LogP contribution is -2.24. The van der Waals surface area contributed by atoms with Crippen LogP contribution < -0.4 is 10.6 Å². The predicted molar refractivity (Wildman–Crippen MR) is 64.8 cm³/mol. The number of aromatic nitrogens is 2. The van der Waals surface area contributed by atoms with Crippen molar-refractivity contribution in [3.05, 3.63) is 10.7 Å². The van der Waals surface area contributed by atoms with Gasteiger partial charge in [0.2, 0.25) is 5.95 Å². The van der Waals surface area contributed by atoms with Gasteiger partial charge in [0.15, 0.2) is 0 Å². The van der Waals surface area contributed by atoms with Crippen LogP contribution in [0.4, 0.5) is 11.8 Å². The molecule has 1 aliphatic heterocycles. The third-order valence-corrected chi connectivity index (χ3v) is 3.07. The van der Waals surface area contributed by atoms with Crippen molar-refractivity contribution < 1.29 is 0 Å². The van der Waals surface area contributed by atoms with E-state index >= 15 is 0 Å². The quantitative estimate of drug-likeness (QED) is 0.794. The first-order chi connectivity index (χ1) is 6.96. The van der Waals surface area contributed by atoms with Gasteiger partial charge < -0.3 is 10.6 Å². The molecule has 0 amide bonds. The van der Waals surface area contributed by atoms with Crippen LogP contribution in [0, 0.1) is 5.41 Å². The summed E-state index contributed by atoms with van der Waals surface area (Å²) in [6.07, 6.45) is 1.17. The summed E-state index contributed by atoms with van der Waals surface area (Å²) in [7, 11) is 0. The standard InChI is InChI=1S/C10H15BrN4/c1-10(2)3-4-15(6-10)9-13-7(11)5-8(12)14-9/h5H,3-4,6H2,1-2H3,(H2,12,13,14). The zero-order valence-corrected chi connectivity index (χ0v) is 10.6. The SMILES string of the molecule is CC1(C)CCN(c2nc(N)cc(Br)n2)C1. The monoisotopic (exact) mass is 270 g/mol. The van der Waals surface area contributed by atoms with Crippen LogP contribution in [-0.2, 0) is 0 Å². The van der Waals surface area contributed by atoms with Gasteiger partial charge in [0.05, 0.1) is 0 Å². The summed E-state index contributed by atoms with van der Waals surface area (Å²) in [6, 6.07) is 1.71. The number of nitrogen functional groups attached to an aromatic ring is 1. The number of hydrogen-bond donors (Lipinski definition) is 1. The van der Waals surface area contributed by atoms with Gasteiger partial charge in [0.1, 0.15) is 10.4 Å². The molecule has 5 heteroatoms. The van der Waals surface area contributed by atoms with Gasteiger partial charge in [-0.05, 0) is 27.8 Å². The fourth-order valence-corrected chi connectivity index (χ4v) is 2.24. The van der Waals surface area contributed by atoms with Crippen molar-refractivity contribution in [3.63, 3.8) is 0 Å². The molecule has 1 saturated heterocycles. The van der Waals surface area contributed by atoms with E-state index in [1.807, 2.05) is 0 Å². The van der Waals surface area contributed by atoms with Crippen LogP contribution in [0.25, 0.3) is 0 Å². The minimum absolute atomic E-state index is 0.348. The molecule has 0 aromatic carbocycles. The van der Waals surface area contributed by atoms with Crippen LogP contribution >= 0.6 is 15.9 Å². The van der Waals surface area contributed by atoms with E-state index in [4.69, 9.17) is 5.73 Å². The average Bonchev–Trinajstić information content (AvgIpc) is 2.44. The molecule has 0 atom stereocenters. The second-order valence-corrected chi connectivity index (χ2v) is 5.56. The molecule has 2 heterocycles. The molecule has 0 bridgehead atoms. The van der Waals surface area contributed by atoms with Crippen molar-refractivity contribution in [2.75, 3.05) is 23.7 Å². The highest BCUT2D eigenvalue weighted by Gasteiger charge is 2.30. The van der Waals surface area contributed by atoms with Crippen LogP contribution in [0.2, 0.25) is 0 Å². The molecule has 1 aliphatic rings. The average molecular weight is 271 g/mol. The Morgan fingerprint density at radius 2 is 2.20 bits per heavy atom. The largest absolute Gasteiger partial charge is 0.383 e. The summed E-state index contributed by atoms with van der Waals surface area (Å²) in [5, 5.41) is 0. The highest BCUT2D eigenvalue weighted by atomic mass is 79.9. The van der Waals surface area contributed by atoms with E-state index in [1.165, 1.54) is 6.42 Å². The third kappa shape index (κ3) is 2.40. The molecule has 4 nitrogen and oxygen atoms in total. The maximum atomic E-state index is 5.69. The summed E-state index contributed by atoms with van der Waals surface area (Å²) in [5.41, 5.74) is 6.03. The molecule has 0 radical (unpaired) electrons. The van der Waals surface area contributed by atoms with Crippen molar-refractivity contribution in [1.29, 1.82) is 0 Å². The maximum Gasteiger partial charge on any atom is 0.228 e. The molecule has 82 valence electrons. The van der Waals surface area contributed by atoms with E-state index in [9.17, 15) is 0 Å². The van der Waals surface area contributed by atoms with Gasteiger partial charge in [0, 0.05) is 19.2 Å². The second-order valence-electron chi connectivity index (χ2n) is 4.75. The highest BCUT2D eigenvalue weighted by molar-refractivity contribution is 9.10. The molecule has 0 unspecified atom stereocenters. The van der Waals surface area contributed by atoms with Crippen LogP contribution in [0.15, 0.2) is 10.7 Å². The van der Waals surface area contributed by atoms with Gasteiger partial charge in [-0.3, -0.25) is 0 Å².